The minimum absolute atomic E-state index is 0. The van der Waals surface area contributed by atoms with Gasteiger partial charge in [-0.05, 0) is 65.0 Å². The highest BCUT2D eigenvalue weighted by atomic mass is 127. The van der Waals surface area contributed by atoms with Crippen LogP contribution in [0.5, 0.6) is 0 Å². The Morgan fingerprint density at radius 3 is 2.58 bits per heavy atom. The monoisotopic (exact) mass is 541 g/mol. The van der Waals surface area contributed by atoms with Crippen LogP contribution < -0.4 is 10.6 Å². The molecule has 0 aliphatic carbocycles. The number of fused-ring (bicyclic) bond motifs is 1. The van der Waals surface area contributed by atoms with Crippen molar-refractivity contribution in [2.45, 2.75) is 65.1 Å². The molecular weight excluding hydrogens is 501 g/mol. The van der Waals surface area contributed by atoms with Crippen LogP contribution in [0.2, 0.25) is 0 Å². The fourth-order valence-corrected chi connectivity index (χ4v) is 4.74. The topological polar surface area (TPSA) is 60.0 Å². The number of aliphatic imine (C=N–C) groups is 1. The maximum atomic E-state index is 12.2. The average molecular weight is 542 g/mol. The molecule has 0 spiro atoms. The molecule has 2 heterocycles. The van der Waals surface area contributed by atoms with Crippen molar-refractivity contribution >= 4 is 35.8 Å². The van der Waals surface area contributed by atoms with Crippen molar-refractivity contribution in [3.63, 3.8) is 0 Å². The van der Waals surface area contributed by atoms with Gasteiger partial charge in [-0.15, -0.1) is 24.0 Å². The van der Waals surface area contributed by atoms with E-state index in [2.05, 4.69) is 62.7 Å². The van der Waals surface area contributed by atoms with Crippen molar-refractivity contribution in [3.05, 3.63) is 35.9 Å². The first-order chi connectivity index (χ1) is 14.4. The number of piperidine rings is 2. The van der Waals surface area contributed by atoms with E-state index in [1.165, 1.54) is 24.9 Å². The normalized spacial score (nSPS) is 22.3. The van der Waals surface area contributed by atoms with Gasteiger partial charge < -0.3 is 15.5 Å². The molecule has 6 nitrogen and oxygen atoms in total. The highest BCUT2D eigenvalue weighted by molar-refractivity contribution is 14.0. The first kappa shape index (κ1) is 25.9. The highest BCUT2D eigenvalue weighted by Gasteiger charge is 2.36. The molecule has 1 aromatic rings. The summed E-state index contributed by atoms with van der Waals surface area (Å²) in [5, 5.41) is 6.39. The molecule has 3 rings (SSSR count). The molecule has 2 aliphatic rings. The zero-order chi connectivity index (χ0) is 21.6. The van der Waals surface area contributed by atoms with Crippen LogP contribution in [0.25, 0.3) is 0 Å². The highest BCUT2D eigenvalue weighted by Crippen LogP contribution is 2.31. The lowest BCUT2D eigenvalue weighted by atomic mass is 9.83. The smallest absolute Gasteiger partial charge is 0.242 e. The Morgan fingerprint density at radius 2 is 1.90 bits per heavy atom. The molecule has 2 fully saturated rings. The second-order valence-corrected chi connectivity index (χ2v) is 9.63. The summed E-state index contributed by atoms with van der Waals surface area (Å²) in [5.41, 5.74) is 1.17. The summed E-state index contributed by atoms with van der Waals surface area (Å²) in [4.78, 5) is 21.9. The Balaban J connectivity index is 0.00000341. The summed E-state index contributed by atoms with van der Waals surface area (Å²) >= 11 is 0. The standard InChI is InChI=1S/C24H39N5O.HI/c1-5-25-23(26-16-22(30)27-24(2,3)4)29-15-13-21-20(18-29)12-9-14-28(21)17-19-10-7-6-8-11-19;/h6-8,10-11,20-21H,5,9,12-18H2,1-4H3,(H,25,26)(H,27,30);1H. The Hall–Kier alpha value is -1.35. The van der Waals surface area contributed by atoms with Crippen LogP contribution in [0.3, 0.4) is 0 Å². The molecule has 0 saturated carbocycles. The lowest BCUT2D eigenvalue weighted by Crippen LogP contribution is -2.56. The first-order valence-corrected chi connectivity index (χ1v) is 11.5. The molecular formula is C24H40IN5O. The Labute approximate surface area is 205 Å². The Kier molecular flexibility index (Phi) is 10.1. The van der Waals surface area contributed by atoms with E-state index in [9.17, 15) is 4.79 Å². The third kappa shape index (κ3) is 7.93. The van der Waals surface area contributed by atoms with Gasteiger partial charge in [0.25, 0.3) is 0 Å². The van der Waals surface area contributed by atoms with Gasteiger partial charge in [0.2, 0.25) is 5.91 Å². The van der Waals surface area contributed by atoms with E-state index < -0.39 is 0 Å². The van der Waals surface area contributed by atoms with Crippen LogP contribution in [0.15, 0.2) is 35.3 Å². The second kappa shape index (κ2) is 12.0. The number of nitrogens with zero attached hydrogens (tertiary/aromatic N) is 3. The van der Waals surface area contributed by atoms with Gasteiger partial charge in [-0.25, -0.2) is 4.99 Å². The maximum absolute atomic E-state index is 12.2. The van der Waals surface area contributed by atoms with Gasteiger partial charge in [-0.3, -0.25) is 9.69 Å². The van der Waals surface area contributed by atoms with Crippen LogP contribution in [-0.2, 0) is 11.3 Å². The van der Waals surface area contributed by atoms with E-state index in [0.717, 1.165) is 38.6 Å². The number of rotatable bonds is 5. The van der Waals surface area contributed by atoms with Crippen molar-refractivity contribution in [1.29, 1.82) is 0 Å². The van der Waals surface area contributed by atoms with Crippen LogP contribution in [-0.4, -0.2) is 66.0 Å². The van der Waals surface area contributed by atoms with Crippen LogP contribution in [0.4, 0.5) is 0 Å². The van der Waals surface area contributed by atoms with Crippen molar-refractivity contribution in [2.24, 2.45) is 10.9 Å². The number of halogens is 1. The Morgan fingerprint density at radius 1 is 1.16 bits per heavy atom. The summed E-state index contributed by atoms with van der Waals surface area (Å²) in [7, 11) is 0. The van der Waals surface area contributed by atoms with Gasteiger partial charge in [0, 0.05) is 37.8 Å². The fraction of sp³-hybridized carbons (Fsp3) is 0.667. The quantitative estimate of drug-likeness (QED) is 0.341. The molecule has 0 aromatic heterocycles. The lowest BCUT2D eigenvalue weighted by Gasteiger charge is -2.48. The molecule has 2 atom stereocenters. The molecule has 2 unspecified atom stereocenters. The van der Waals surface area contributed by atoms with Crippen LogP contribution >= 0.6 is 24.0 Å². The molecule has 2 saturated heterocycles. The lowest BCUT2D eigenvalue weighted by molar-refractivity contribution is -0.121. The number of likely N-dealkylation sites (tertiary alicyclic amines) is 2. The maximum Gasteiger partial charge on any atom is 0.242 e. The number of amides is 1. The molecule has 1 aromatic carbocycles. The van der Waals surface area contributed by atoms with Gasteiger partial charge in [0.1, 0.15) is 6.54 Å². The van der Waals surface area contributed by atoms with Crippen molar-refractivity contribution in [2.75, 3.05) is 32.7 Å². The number of carbonyl (C=O) groups excluding carboxylic acids is 1. The van der Waals surface area contributed by atoms with Crippen molar-refractivity contribution in [3.8, 4) is 0 Å². The summed E-state index contributed by atoms with van der Waals surface area (Å²) < 4.78 is 0. The van der Waals surface area contributed by atoms with Crippen molar-refractivity contribution < 1.29 is 4.79 Å². The third-order valence-corrected chi connectivity index (χ3v) is 5.93. The number of guanidine groups is 1. The van der Waals surface area contributed by atoms with Crippen LogP contribution in [0.1, 0.15) is 52.5 Å². The van der Waals surface area contributed by atoms with Crippen molar-refractivity contribution in [1.82, 2.24) is 20.4 Å². The Bertz CT molecular complexity index is 718. The summed E-state index contributed by atoms with van der Waals surface area (Å²) in [5.74, 6) is 1.50. The molecule has 2 aliphatic heterocycles. The summed E-state index contributed by atoms with van der Waals surface area (Å²) in [6, 6.07) is 11.5. The fourth-order valence-electron chi connectivity index (χ4n) is 4.74. The first-order valence-electron chi connectivity index (χ1n) is 11.5. The van der Waals surface area contributed by atoms with E-state index in [4.69, 9.17) is 0 Å². The number of hydrogen-bond donors (Lipinski definition) is 2. The molecule has 1 amide bonds. The molecule has 0 bridgehead atoms. The predicted octanol–water partition coefficient (Wildman–Crippen LogP) is 3.47. The van der Waals surface area contributed by atoms with E-state index in [1.807, 2.05) is 20.8 Å². The van der Waals surface area contributed by atoms with Gasteiger partial charge >= 0.3 is 0 Å². The van der Waals surface area contributed by atoms with Gasteiger partial charge in [0.05, 0.1) is 0 Å². The molecule has 7 heteroatoms. The minimum Gasteiger partial charge on any atom is -0.357 e. The SMILES string of the molecule is CCNC(=NCC(=O)NC(C)(C)C)N1CCC2C(CCCN2Cc2ccccc2)C1.I. The van der Waals surface area contributed by atoms with Gasteiger partial charge in [-0.2, -0.15) is 0 Å². The van der Waals surface area contributed by atoms with E-state index in [1.54, 1.807) is 0 Å². The molecule has 31 heavy (non-hydrogen) atoms. The van der Waals surface area contributed by atoms with Gasteiger partial charge in [0.15, 0.2) is 5.96 Å². The van der Waals surface area contributed by atoms with Crippen LogP contribution in [0, 0.1) is 5.92 Å². The van der Waals surface area contributed by atoms with E-state index in [-0.39, 0.29) is 42.0 Å². The summed E-state index contributed by atoms with van der Waals surface area (Å²) in [6.45, 7) is 13.3. The van der Waals surface area contributed by atoms with E-state index >= 15 is 0 Å². The zero-order valence-electron chi connectivity index (χ0n) is 19.6. The molecule has 2 N–H and O–H groups in total. The molecule has 0 radical (unpaired) electrons. The number of hydrogen-bond acceptors (Lipinski definition) is 3. The largest absolute Gasteiger partial charge is 0.357 e. The third-order valence-electron chi connectivity index (χ3n) is 5.93. The number of benzene rings is 1. The second-order valence-electron chi connectivity index (χ2n) is 9.63. The molecule has 174 valence electrons. The van der Waals surface area contributed by atoms with Gasteiger partial charge in [-0.1, -0.05) is 30.3 Å². The van der Waals surface area contributed by atoms with E-state index in [0.29, 0.717) is 12.0 Å². The number of carbonyl (C=O) groups is 1. The minimum atomic E-state index is -0.229. The number of nitrogens with one attached hydrogen (secondary N) is 2. The zero-order valence-corrected chi connectivity index (χ0v) is 21.9. The predicted molar refractivity (Wildman–Crippen MR) is 139 cm³/mol. The average Bonchev–Trinajstić information content (AvgIpc) is 2.70. The summed E-state index contributed by atoms with van der Waals surface area (Å²) in [6.07, 6.45) is 3.68.